The summed E-state index contributed by atoms with van der Waals surface area (Å²) in [6, 6.07) is -0.710. The van der Waals surface area contributed by atoms with Crippen molar-refractivity contribution >= 4 is 5.91 Å². The molecule has 0 aromatic carbocycles. The monoisotopic (exact) mass is 772 g/mol. The lowest BCUT2D eigenvalue weighted by atomic mass is 9.99. The number of nitrogens with one attached hydrogen (secondary N) is 1. The van der Waals surface area contributed by atoms with E-state index < -0.39 is 49.5 Å². The third kappa shape index (κ3) is 26.9. The fraction of sp³-hybridized carbons (Fsp3) is 0.978. The van der Waals surface area contributed by atoms with Gasteiger partial charge in [0.25, 0.3) is 0 Å². The van der Waals surface area contributed by atoms with Crippen molar-refractivity contribution in [1.82, 2.24) is 5.32 Å². The second-order valence-corrected chi connectivity index (χ2v) is 16.6. The molecule has 1 aliphatic rings. The van der Waals surface area contributed by atoms with Crippen LogP contribution in [0.4, 0.5) is 0 Å². The molecule has 0 bridgehead atoms. The van der Waals surface area contributed by atoms with Gasteiger partial charge in [-0.1, -0.05) is 206 Å². The minimum absolute atomic E-state index is 0.132. The first-order valence-electron chi connectivity index (χ1n) is 23.2. The van der Waals surface area contributed by atoms with Crippen molar-refractivity contribution in [3.8, 4) is 0 Å². The maximum absolute atomic E-state index is 12.9. The Morgan fingerprint density at radius 1 is 0.556 bits per heavy atom. The summed E-state index contributed by atoms with van der Waals surface area (Å²) in [6.07, 6.45) is 32.5. The van der Waals surface area contributed by atoms with Crippen LogP contribution in [0.1, 0.15) is 226 Å². The summed E-state index contributed by atoms with van der Waals surface area (Å²) in [7, 11) is 0. The van der Waals surface area contributed by atoms with Gasteiger partial charge in [-0.25, -0.2) is 0 Å². The van der Waals surface area contributed by atoms with E-state index in [2.05, 4.69) is 19.2 Å². The third-order valence-electron chi connectivity index (χ3n) is 11.5. The van der Waals surface area contributed by atoms with Gasteiger partial charge < -0.3 is 40.3 Å². The fourth-order valence-corrected chi connectivity index (χ4v) is 7.69. The molecule has 7 unspecified atom stereocenters. The smallest absolute Gasteiger partial charge is 0.220 e. The molecular formula is C45H89NO8. The maximum atomic E-state index is 12.9. The molecule has 1 saturated heterocycles. The van der Waals surface area contributed by atoms with E-state index in [0.717, 1.165) is 38.5 Å². The topological polar surface area (TPSA) is 149 Å². The van der Waals surface area contributed by atoms with Gasteiger partial charge in [-0.3, -0.25) is 4.79 Å². The molecule has 0 spiro atoms. The summed E-state index contributed by atoms with van der Waals surface area (Å²) in [6.45, 7) is 3.84. The van der Waals surface area contributed by atoms with Crippen LogP contribution in [-0.2, 0) is 14.3 Å². The number of aliphatic hydroxyl groups excluding tert-OH is 5. The second kappa shape index (κ2) is 36.5. The molecule has 0 radical (unpaired) electrons. The Bertz CT molecular complexity index is 817. The van der Waals surface area contributed by atoms with Crippen molar-refractivity contribution in [1.29, 1.82) is 0 Å². The van der Waals surface area contributed by atoms with E-state index >= 15 is 0 Å². The first kappa shape index (κ1) is 51.2. The first-order chi connectivity index (χ1) is 26.3. The highest BCUT2D eigenvalue weighted by atomic mass is 16.7. The van der Waals surface area contributed by atoms with Crippen LogP contribution >= 0.6 is 0 Å². The highest BCUT2D eigenvalue weighted by Gasteiger charge is 2.44. The van der Waals surface area contributed by atoms with E-state index in [1.807, 2.05) is 0 Å². The summed E-state index contributed by atoms with van der Waals surface area (Å²) in [5.41, 5.74) is 0. The Morgan fingerprint density at radius 3 is 1.31 bits per heavy atom. The number of rotatable bonds is 39. The van der Waals surface area contributed by atoms with Crippen molar-refractivity contribution in [2.75, 3.05) is 13.2 Å². The molecule has 0 aromatic rings. The van der Waals surface area contributed by atoms with Crippen molar-refractivity contribution in [2.24, 2.45) is 0 Å². The zero-order valence-corrected chi connectivity index (χ0v) is 35.3. The molecule has 0 aromatic heterocycles. The zero-order chi connectivity index (χ0) is 39.5. The molecule has 322 valence electrons. The molecule has 0 saturated carbocycles. The Hall–Kier alpha value is -0.810. The van der Waals surface area contributed by atoms with Gasteiger partial charge in [0.05, 0.1) is 25.4 Å². The predicted octanol–water partition coefficient (Wildman–Crippen LogP) is 9.56. The molecule has 9 nitrogen and oxygen atoms in total. The number of hydrogen-bond acceptors (Lipinski definition) is 8. The lowest BCUT2D eigenvalue weighted by Gasteiger charge is -2.40. The van der Waals surface area contributed by atoms with E-state index in [4.69, 9.17) is 9.47 Å². The van der Waals surface area contributed by atoms with E-state index in [1.165, 1.54) is 161 Å². The van der Waals surface area contributed by atoms with Gasteiger partial charge in [0.1, 0.15) is 24.4 Å². The molecule has 1 heterocycles. The van der Waals surface area contributed by atoms with Gasteiger partial charge in [-0.2, -0.15) is 0 Å². The summed E-state index contributed by atoms with van der Waals surface area (Å²) in [4.78, 5) is 12.9. The minimum Gasteiger partial charge on any atom is -0.394 e. The second-order valence-electron chi connectivity index (χ2n) is 16.6. The van der Waals surface area contributed by atoms with Crippen LogP contribution in [0.15, 0.2) is 0 Å². The lowest BCUT2D eigenvalue weighted by molar-refractivity contribution is -0.302. The first-order valence-corrected chi connectivity index (χ1v) is 23.2. The molecule has 1 fully saturated rings. The van der Waals surface area contributed by atoms with Crippen LogP contribution in [-0.4, -0.2) is 87.5 Å². The average molecular weight is 772 g/mol. The summed E-state index contributed by atoms with van der Waals surface area (Å²) in [5.74, 6) is -0.142. The van der Waals surface area contributed by atoms with Gasteiger partial charge in [0, 0.05) is 6.42 Å². The SMILES string of the molecule is CCCCCCCCCCCCCCCCCCCCCC(O)C(COC1OC(CO)C(O)C(O)C1O)NC(=O)CCCCCCCCCCCCCC. The quantitative estimate of drug-likeness (QED) is 0.0339. The number of carbonyl (C=O) groups is 1. The van der Waals surface area contributed by atoms with Crippen LogP contribution in [0.5, 0.6) is 0 Å². The zero-order valence-electron chi connectivity index (χ0n) is 35.3. The molecule has 1 amide bonds. The Balaban J connectivity index is 2.29. The lowest BCUT2D eigenvalue weighted by Crippen LogP contribution is -2.60. The van der Waals surface area contributed by atoms with Gasteiger partial charge in [-0.05, 0) is 12.8 Å². The van der Waals surface area contributed by atoms with Crippen LogP contribution in [0, 0.1) is 0 Å². The van der Waals surface area contributed by atoms with Crippen LogP contribution in [0.3, 0.4) is 0 Å². The number of unbranched alkanes of at least 4 members (excludes halogenated alkanes) is 29. The minimum atomic E-state index is -1.55. The standard InChI is InChI=1S/C45H89NO8/c1-3-5-7-9-11-13-15-17-18-19-20-21-22-23-24-26-28-30-32-34-39(48)38(37-53-45-44(52)43(51)42(50)40(36-47)54-45)46-41(49)35-33-31-29-27-25-16-14-12-10-8-6-4-2/h38-40,42-45,47-48,50-52H,3-37H2,1-2H3,(H,46,49). The van der Waals surface area contributed by atoms with Crippen molar-refractivity contribution in [2.45, 2.75) is 269 Å². The molecule has 1 rings (SSSR count). The fourth-order valence-electron chi connectivity index (χ4n) is 7.69. The average Bonchev–Trinajstić information content (AvgIpc) is 3.17. The van der Waals surface area contributed by atoms with Gasteiger partial charge in [0.15, 0.2) is 6.29 Å². The van der Waals surface area contributed by atoms with Gasteiger partial charge >= 0.3 is 0 Å². The largest absolute Gasteiger partial charge is 0.394 e. The van der Waals surface area contributed by atoms with Crippen LogP contribution in [0.2, 0.25) is 0 Å². The molecule has 54 heavy (non-hydrogen) atoms. The Morgan fingerprint density at radius 2 is 0.926 bits per heavy atom. The highest BCUT2D eigenvalue weighted by Crippen LogP contribution is 2.23. The summed E-state index contributed by atoms with van der Waals surface area (Å²) in [5, 5.41) is 54.3. The van der Waals surface area contributed by atoms with E-state index in [9.17, 15) is 30.3 Å². The Kier molecular flexibility index (Phi) is 34.6. The Labute approximate surface area is 332 Å². The van der Waals surface area contributed by atoms with E-state index in [1.54, 1.807) is 0 Å². The number of carbonyl (C=O) groups excluding carboxylic acids is 1. The normalized spacial score (nSPS) is 21.4. The highest BCUT2D eigenvalue weighted by molar-refractivity contribution is 5.76. The van der Waals surface area contributed by atoms with Gasteiger partial charge in [0.2, 0.25) is 5.91 Å². The van der Waals surface area contributed by atoms with Crippen molar-refractivity contribution in [3.05, 3.63) is 0 Å². The number of aliphatic hydroxyl groups is 5. The summed E-state index contributed by atoms with van der Waals surface area (Å²) >= 11 is 0. The molecule has 9 heteroatoms. The number of amides is 1. The number of hydrogen-bond donors (Lipinski definition) is 6. The number of ether oxygens (including phenoxy) is 2. The van der Waals surface area contributed by atoms with E-state index in [0.29, 0.717) is 12.8 Å². The maximum Gasteiger partial charge on any atom is 0.220 e. The molecule has 7 atom stereocenters. The van der Waals surface area contributed by atoms with Crippen molar-refractivity contribution < 1.29 is 39.8 Å². The summed E-state index contributed by atoms with van der Waals surface area (Å²) < 4.78 is 11.3. The molecule has 1 aliphatic heterocycles. The van der Waals surface area contributed by atoms with Crippen molar-refractivity contribution in [3.63, 3.8) is 0 Å². The molecular weight excluding hydrogens is 682 g/mol. The molecule has 6 N–H and O–H groups in total. The molecule has 0 aliphatic carbocycles. The van der Waals surface area contributed by atoms with Crippen LogP contribution < -0.4 is 5.32 Å². The predicted molar refractivity (Wildman–Crippen MR) is 221 cm³/mol. The van der Waals surface area contributed by atoms with E-state index in [-0.39, 0.29) is 12.5 Å². The van der Waals surface area contributed by atoms with Crippen LogP contribution in [0.25, 0.3) is 0 Å². The third-order valence-corrected chi connectivity index (χ3v) is 11.5. The van der Waals surface area contributed by atoms with Gasteiger partial charge in [-0.15, -0.1) is 0 Å².